The summed E-state index contributed by atoms with van der Waals surface area (Å²) >= 11 is 0. The maximum atomic E-state index is 12.5. The van der Waals surface area contributed by atoms with Gasteiger partial charge in [0.1, 0.15) is 11.5 Å². The minimum Gasteiger partial charge on any atom is -0.507 e. The fourth-order valence-corrected chi connectivity index (χ4v) is 2.39. The van der Waals surface area contributed by atoms with E-state index >= 15 is 0 Å². The van der Waals surface area contributed by atoms with Crippen LogP contribution in [0.2, 0.25) is 0 Å². The van der Waals surface area contributed by atoms with Crippen LogP contribution in [0, 0.1) is 0 Å². The summed E-state index contributed by atoms with van der Waals surface area (Å²) < 4.78 is 10.2. The van der Waals surface area contributed by atoms with Gasteiger partial charge in [-0.3, -0.25) is 9.59 Å². The number of Topliss-reactive ketones (excluding diaryl/α,β-unsaturated/α-hetero) is 2. The van der Waals surface area contributed by atoms with Crippen LogP contribution in [-0.4, -0.2) is 35.9 Å². The van der Waals surface area contributed by atoms with Crippen LogP contribution in [-0.2, 0) is 4.74 Å². The molecule has 0 amide bonds. The maximum absolute atomic E-state index is 12.5. The number of hydrogen-bond acceptors (Lipinski definition) is 6. The Balaban J connectivity index is 2.25. The Kier molecular flexibility index (Phi) is 6.11. The third-order valence-electron chi connectivity index (χ3n) is 3.59. The van der Waals surface area contributed by atoms with Gasteiger partial charge in [-0.2, -0.15) is 0 Å². The number of ether oxygens (including phenoxy) is 2. The Morgan fingerprint density at radius 1 is 1.00 bits per heavy atom. The average Bonchev–Trinajstić information content (AvgIpc) is 2.61. The zero-order valence-electron chi connectivity index (χ0n) is 14.8. The Morgan fingerprint density at radius 3 is 2.31 bits per heavy atom. The lowest BCUT2D eigenvalue weighted by molar-refractivity contribution is 0.0600. The number of methoxy groups -OCH3 is 1. The van der Waals surface area contributed by atoms with Crippen molar-refractivity contribution in [3.63, 3.8) is 0 Å². The molecule has 0 aliphatic heterocycles. The lowest BCUT2D eigenvalue weighted by Crippen LogP contribution is -2.13. The molecule has 0 saturated heterocycles. The molecule has 0 saturated carbocycles. The number of para-hydroxylation sites is 1. The zero-order valence-corrected chi connectivity index (χ0v) is 14.8. The second kappa shape index (κ2) is 8.29. The molecule has 2 aromatic carbocycles. The first-order valence-corrected chi connectivity index (χ1v) is 8.07. The average molecular weight is 356 g/mol. The highest BCUT2D eigenvalue weighted by Crippen LogP contribution is 2.24. The fourth-order valence-electron chi connectivity index (χ4n) is 2.39. The van der Waals surface area contributed by atoms with Crippen LogP contribution in [0.4, 0.5) is 0 Å². The molecule has 2 aromatic rings. The molecule has 6 heteroatoms. The quantitative estimate of drug-likeness (QED) is 0.464. The van der Waals surface area contributed by atoms with E-state index in [9.17, 15) is 19.5 Å². The molecule has 136 valence electrons. The van der Waals surface area contributed by atoms with Crippen molar-refractivity contribution in [2.45, 2.75) is 26.4 Å². The molecule has 0 heterocycles. The first-order valence-electron chi connectivity index (χ1n) is 8.07. The van der Waals surface area contributed by atoms with E-state index in [1.165, 1.54) is 25.3 Å². The van der Waals surface area contributed by atoms with E-state index in [1.807, 2.05) is 13.8 Å². The van der Waals surface area contributed by atoms with Gasteiger partial charge in [0.05, 0.1) is 36.3 Å². The second-order valence-corrected chi connectivity index (χ2v) is 5.91. The predicted molar refractivity (Wildman–Crippen MR) is 94.9 cm³/mol. The molecular weight excluding hydrogens is 336 g/mol. The largest absolute Gasteiger partial charge is 0.507 e. The first-order chi connectivity index (χ1) is 12.3. The van der Waals surface area contributed by atoms with Crippen molar-refractivity contribution in [3.8, 4) is 11.5 Å². The lowest BCUT2D eigenvalue weighted by atomic mass is 9.99. The van der Waals surface area contributed by atoms with Gasteiger partial charge in [-0.05, 0) is 44.2 Å². The number of phenols is 1. The molecule has 0 unspecified atom stereocenters. The third-order valence-corrected chi connectivity index (χ3v) is 3.59. The molecule has 0 radical (unpaired) electrons. The van der Waals surface area contributed by atoms with E-state index < -0.39 is 24.0 Å². The Hall–Kier alpha value is -3.15. The summed E-state index contributed by atoms with van der Waals surface area (Å²) in [7, 11) is 1.21. The zero-order chi connectivity index (χ0) is 19.3. The number of carbonyl (C=O) groups excluding carboxylic acids is 3. The van der Waals surface area contributed by atoms with Gasteiger partial charge in [0.15, 0.2) is 11.6 Å². The van der Waals surface area contributed by atoms with Gasteiger partial charge in [0.25, 0.3) is 0 Å². The number of ketones is 2. The van der Waals surface area contributed by atoms with Crippen molar-refractivity contribution in [3.05, 3.63) is 59.2 Å². The molecule has 0 aromatic heterocycles. The highest BCUT2D eigenvalue weighted by molar-refractivity contribution is 6.15. The second-order valence-electron chi connectivity index (χ2n) is 5.91. The first kappa shape index (κ1) is 19.2. The van der Waals surface area contributed by atoms with Gasteiger partial charge in [0.2, 0.25) is 0 Å². The van der Waals surface area contributed by atoms with E-state index in [1.54, 1.807) is 24.3 Å². The summed E-state index contributed by atoms with van der Waals surface area (Å²) in [6.45, 7) is 3.67. The van der Waals surface area contributed by atoms with E-state index in [0.29, 0.717) is 5.75 Å². The number of phenolic OH excluding ortho intramolecular Hbond substituents is 1. The number of hydrogen-bond donors (Lipinski definition) is 1. The number of esters is 1. The molecule has 0 spiro atoms. The molecular formula is C20H20O6. The highest BCUT2D eigenvalue weighted by Gasteiger charge is 2.21. The summed E-state index contributed by atoms with van der Waals surface area (Å²) in [6, 6.07) is 10.4. The van der Waals surface area contributed by atoms with E-state index in [2.05, 4.69) is 4.74 Å². The molecule has 6 nitrogen and oxygen atoms in total. The maximum Gasteiger partial charge on any atom is 0.337 e. The fraction of sp³-hybridized carbons (Fsp3) is 0.250. The molecule has 0 aliphatic carbocycles. The number of carbonyl (C=O) groups is 3. The minimum atomic E-state index is -0.638. The highest BCUT2D eigenvalue weighted by atomic mass is 16.5. The lowest BCUT2D eigenvalue weighted by Gasteiger charge is -2.13. The van der Waals surface area contributed by atoms with E-state index in [4.69, 9.17) is 4.74 Å². The van der Waals surface area contributed by atoms with Crippen LogP contribution in [0.15, 0.2) is 42.5 Å². The summed E-state index contributed by atoms with van der Waals surface area (Å²) in [4.78, 5) is 36.6. The van der Waals surface area contributed by atoms with Crippen molar-refractivity contribution in [1.82, 2.24) is 0 Å². The molecule has 1 N–H and O–H groups in total. The smallest absolute Gasteiger partial charge is 0.337 e. The standard InChI is InChI=1S/C20H20O6/c1-12(2)26-19-7-5-4-6-14(19)17(22)11-18(23)15-10-13(20(24)25-3)8-9-16(15)21/h4-10,12,21H,11H2,1-3H3. The van der Waals surface area contributed by atoms with Crippen LogP contribution in [0.1, 0.15) is 51.3 Å². The predicted octanol–water partition coefficient (Wildman–Crippen LogP) is 3.42. The number of rotatable bonds is 7. The molecule has 2 rings (SSSR count). The normalized spacial score (nSPS) is 10.5. The van der Waals surface area contributed by atoms with Gasteiger partial charge < -0.3 is 14.6 Å². The molecule has 0 fully saturated rings. The summed E-state index contributed by atoms with van der Waals surface area (Å²) in [6.07, 6.45) is -0.586. The van der Waals surface area contributed by atoms with Crippen LogP contribution < -0.4 is 4.74 Å². The Morgan fingerprint density at radius 2 is 1.65 bits per heavy atom. The molecule has 0 aliphatic rings. The van der Waals surface area contributed by atoms with Gasteiger partial charge in [0, 0.05) is 0 Å². The van der Waals surface area contributed by atoms with Crippen LogP contribution >= 0.6 is 0 Å². The molecule has 0 atom stereocenters. The van der Waals surface area contributed by atoms with Gasteiger partial charge in [-0.1, -0.05) is 12.1 Å². The monoisotopic (exact) mass is 356 g/mol. The SMILES string of the molecule is COC(=O)c1ccc(O)c(C(=O)CC(=O)c2ccccc2OC(C)C)c1. The van der Waals surface area contributed by atoms with Crippen molar-refractivity contribution in [2.75, 3.05) is 7.11 Å². The summed E-state index contributed by atoms with van der Waals surface area (Å²) in [5.74, 6) is -1.58. The van der Waals surface area contributed by atoms with Crippen LogP contribution in [0.25, 0.3) is 0 Å². The van der Waals surface area contributed by atoms with Crippen molar-refractivity contribution >= 4 is 17.5 Å². The minimum absolute atomic E-state index is 0.108. The van der Waals surface area contributed by atoms with Gasteiger partial charge >= 0.3 is 5.97 Å². The Bertz CT molecular complexity index is 838. The van der Waals surface area contributed by atoms with E-state index in [0.717, 1.165) is 0 Å². The van der Waals surface area contributed by atoms with Crippen LogP contribution in [0.3, 0.4) is 0 Å². The third kappa shape index (κ3) is 4.47. The van der Waals surface area contributed by atoms with Gasteiger partial charge in [-0.15, -0.1) is 0 Å². The van der Waals surface area contributed by atoms with Crippen LogP contribution in [0.5, 0.6) is 11.5 Å². The Labute approximate surface area is 151 Å². The van der Waals surface area contributed by atoms with Gasteiger partial charge in [-0.25, -0.2) is 4.79 Å². The van der Waals surface area contributed by atoms with E-state index in [-0.39, 0.29) is 28.5 Å². The summed E-state index contributed by atoms with van der Waals surface area (Å²) in [5, 5.41) is 9.91. The van der Waals surface area contributed by atoms with Crippen molar-refractivity contribution in [1.29, 1.82) is 0 Å². The molecule has 0 bridgehead atoms. The van der Waals surface area contributed by atoms with Crippen molar-refractivity contribution < 1.29 is 29.0 Å². The number of benzene rings is 2. The van der Waals surface area contributed by atoms with Crippen molar-refractivity contribution in [2.24, 2.45) is 0 Å². The topological polar surface area (TPSA) is 89.9 Å². The molecule has 26 heavy (non-hydrogen) atoms. The summed E-state index contributed by atoms with van der Waals surface area (Å²) in [5.41, 5.74) is 0.298. The number of aromatic hydroxyl groups is 1.